The lowest BCUT2D eigenvalue weighted by Crippen LogP contribution is -2.57. The number of nitrogens with zero attached hydrogens (tertiary/aromatic N) is 2. The molecule has 2 aliphatic carbocycles. The molecule has 1 saturated heterocycles. The van der Waals surface area contributed by atoms with Crippen LogP contribution in [0.2, 0.25) is 4.34 Å². The van der Waals surface area contributed by atoms with Crippen molar-refractivity contribution in [1.82, 2.24) is 10.2 Å². The zero-order valence-electron chi connectivity index (χ0n) is 21.1. The van der Waals surface area contributed by atoms with Crippen LogP contribution in [-0.2, 0) is 14.3 Å². The van der Waals surface area contributed by atoms with E-state index in [0.717, 1.165) is 38.6 Å². The highest BCUT2D eigenvalue weighted by Crippen LogP contribution is 2.33. The molecule has 0 radical (unpaired) electrons. The number of amides is 3. The van der Waals surface area contributed by atoms with Crippen molar-refractivity contribution >= 4 is 52.0 Å². The smallest absolute Gasteiger partial charge is 0.261 e. The van der Waals surface area contributed by atoms with E-state index in [1.165, 1.54) is 34.8 Å². The fourth-order valence-electron chi connectivity index (χ4n) is 5.10. The quantitative estimate of drug-likeness (QED) is 0.451. The summed E-state index contributed by atoms with van der Waals surface area (Å²) in [7, 11) is 0. The van der Waals surface area contributed by atoms with E-state index in [4.69, 9.17) is 16.3 Å². The highest BCUT2D eigenvalue weighted by atomic mass is 35.5. The van der Waals surface area contributed by atoms with E-state index in [0.29, 0.717) is 27.4 Å². The summed E-state index contributed by atoms with van der Waals surface area (Å²) in [4.78, 5) is 42.6. The molecule has 0 unspecified atom stereocenters. The topological polar surface area (TPSA) is 91.0 Å². The molecule has 11 heteroatoms. The standard InChI is InChI=1S/C27H32ClFN4O4S/c28-24-10-9-23(38-24)27(36)30-14-22(33(19-5-2-6-19)15-17-3-1-4-17)26(35)31-18-7-8-21(20(29)13-18)32-11-12-37-16-25(32)34/h7-10,13,17,19,22H,1-6,11-12,14-16H2,(H,30,36)(H,31,35)/t22-/m1/s1. The molecule has 5 rings (SSSR count). The van der Waals surface area contributed by atoms with Gasteiger partial charge in [-0.3, -0.25) is 19.3 Å². The fraction of sp³-hybridized carbons (Fsp3) is 0.519. The summed E-state index contributed by atoms with van der Waals surface area (Å²) >= 11 is 7.18. The molecule has 1 aromatic heterocycles. The molecule has 3 fully saturated rings. The van der Waals surface area contributed by atoms with Gasteiger partial charge in [0.15, 0.2) is 0 Å². The zero-order chi connectivity index (χ0) is 26.6. The molecule has 8 nitrogen and oxygen atoms in total. The molecule has 1 aliphatic heterocycles. The van der Waals surface area contributed by atoms with Gasteiger partial charge in [-0.2, -0.15) is 0 Å². The largest absolute Gasteiger partial charge is 0.370 e. The van der Waals surface area contributed by atoms with E-state index >= 15 is 4.39 Å². The lowest BCUT2D eigenvalue weighted by atomic mass is 9.82. The van der Waals surface area contributed by atoms with Crippen molar-refractivity contribution in [2.45, 2.75) is 50.6 Å². The van der Waals surface area contributed by atoms with Crippen LogP contribution in [0, 0.1) is 11.7 Å². The minimum Gasteiger partial charge on any atom is -0.370 e. The number of hydrogen-bond acceptors (Lipinski definition) is 6. The van der Waals surface area contributed by atoms with Crippen molar-refractivity contribution in [3.05, 3.63) is 45.4 Å². The van der Waals surface area contributed by atoms with E-state index in [1.807, 2.05) is 0 Å². The van der Waals surface area contributed by atoms with Crippen LogP contribution in [0.15, 0.2) is 30.3 Å². The van der Waals surface area contributed by atoms with E-state index in [2.05, 4.69) is 15.5 Å². The van der Waals surface area contributed by atoms with E-state index in [9.17, 15) is 14.4 Å². The number of morpholine rings is 1. The molecule has 2 aromatic rings. The second-order valence-electron chi connectivity index (χ2n) is 10.2. The highest BCUT2D eigenvalue weighted by Gasteiger charge is 2.37. The van der Waals surface area contributed by atoms with Crippen LogP contribution in [0.25, 0.3) is 0 Å². The van der Waals surface area contributed by atoms with Crippen molar-refractivity contribution in [2.75, 3.05) is 43.1 Å². The maximum absolute atomic E-state index is 15.0. The maximum atomic E-state index is 15.0. The SMILES string of the molecule is O=C(NC[C@H](C(=O)Nc1ccc(N2CCOCC2=O)c(F)c1)N(CC1CCC1)C1CCC1)c1ccc(Cl)s1. The molecule has 2 N–H and O–H groups in total. The summed E-state index contributed by atoms with van der Waals surface area (Å²) in [6.07, 6.45) is 6.64. The van der Waals surface area contributed by atoms with E-state index in [-0.39, 0.29) is 49.1 Å². The molecule has 3 aliphatic rings. The molecule has 3 amide bonds. The third-order valence-electron chi connectivity index (χ3n) is 7.69. The Bertz CT molecular complexity index is 1190. The summed E-state index contributed by atoms with van der Waals surface area (Å²) < 4.78 is 20.7. The van der Waals surface area contributed by atoms with Crippen LogP contribution in [0.1, 0.15) is 48.2 Å². The summed E-state index contributed by atoms with van der Waals surface area (Å²) in [5.41, 5.74) is 0.464. The number of nitrogens with one attached hydrogen (secondary N) is 2. The zero-order valence-corrected chi connectivity index (χ0v) is 22.7. The minimum atomic E-state index is -0.608. The van der Waals surface area contributed by atoms with Crippen LogP contribution in [0.3, 0.4) is 0 Å². The van der Waals surface area contributed by atoms with Crippen molar-refractivity contribution in [2.24, 2.45) is 5.92 Å². The van der Waals surface area contributed by atoms with Gasteiger partial charge in [-0.1, -0.05) is 24.4 Å². The van der Waals surface area contributed by atoms with E-state index in [1.54, 1.807) is 18.2 Å². The van der Waals surface area contributed by atoms with Crippen LogP contribution in [0.5, 0.6) is 0 Å². The maximum Gasteiger partial charge on any atom is 0.261 e. The van der Waals surface area contributed by atoms with Gasteiger partial charge in [0.25, 0.3) is 11.8 Å². The summed E-state index contributed by atoms with van der Waals surface area (Å²) in [5.74, 6) is -0.928. The minimum absolute atomic E-state index is 0.0823. The number of carbonyl (C=O) groups is 3. The van der Waals surface area contributed by atoms with Gasteiger partial charge in [0.1, 0.15) is 18.5 Å². The first-order chi connectivity index (χ1) is 18.4. The summed E-state index contributed by atoms with van der Waals surface area (Å²) in [6, 6.07) is 7.35. The van der Waals surface area contributed by atoms with Gasteiger partial charge in [-0.05, 0) is 61.9 Å². The summed E-state index contributed by atoms with van der Waals surface area (Å²) in [5, 5.41) is 5.79. The third kappa shape index (κ3) is 6.20. The Morgan fingerprint density at radius 2 is 1.97 bits per heavy atom. The van der Waals surface area contributed by atoms with Gasteiger partial charge in [-0.25, -0.2) is 4.39 Å². The van der Waals surface area contributed by atoms with Crippen molar-refractivity contribution < 1.29 is 23.5 Å². The van der Waals surface area contributed by atoms with Gasteiger partial charge < -0.3 is 20.3 Å². The number of ether oxygens (including phenoxy) is 1. The number of anilines is 2. The number of halogens is 2. The predicted octanol–water partition coefficient (Wildman–Crippen LogP) is 4.30. The Kier molecular flexibility index (Phi) is 8.62. The number of rotatable bonds is 10. The Hall–Kier alpha value is -2.53. The van der Waals surface area contributed by atoms with Crippen molar-refractivity contribution in [1.29, 1.82) is 0 Å². The average Bonchev–Trinajstić information content (AvgIpc) is 3.27. The molecule has 2 saturated carbocycles. The molecule has 1 atom stereocenters. The van der Waals surface area contributed by atoms with Gasteiger partial charge in [0.05, 0.1) is 21.5 Å². The Labute approximate surface area is 230 Å². The number of benzene rings is 1. The third-order valence-corrected chi connectivity index (χ3v) is 8.92. The van der Waals surface area contributed by atoms with Crippen LogP contribution in [0.4, 0.5) is 15.8 Å². The molecule has 0 bridgehead atoms. The monoisotopic (exact) mass is 562 g/mol. The van der Waals surface area contributed by atoms with Crippen LogP contribution >= 0.6 is 22.9 Å². The molecular formula is C27H32ClFN4O4S. The Morgan fingerprint density at radius 1 is 1.18 bits per heavy atom. The lowest BCUT2D eigenvalue weighted by Gasteiger charge is -2.45. The summed E-state index contributed by atoms with van der Waals surface area (Å²) in [6.45, 7) is 1.46. The van der Waals surface area contributed by atoms with Gasteiger partial charge >= 0.3 is 0 Å². The molecule has 204 valence electrons. The average molecular weight is 563 g/mol. The second kappa shape index (κ2) is 12.1. The van der Waals surface area contributed by atoms with Crippen LogP contribution < -0.4 is 15.5 Å². The molecule has 1 aromatic carbocycles. The van der Waals surface area contributed by atoms with Gasteiger partial charge in [-0.15, -0.1) is 11.3 Å². The highest BCUT2D eigenvalue weighted by molar-refractivity contribution is 7.18. The first-order valence-electron chi connectivity index (χ1n) is 13.2. The molecule has 2 heterocycles. The first-order valence-corrected chi connectivity index (χ1v) is 14.4. The number of hydrogen-bond donors (Lipinski definition) is 2. The molecule has 0 spiro atoms. The Morgan fingerprint density at radius 3 is 2.58 bits per heavy atom. The van der Waals surface area contributed by atoms with Gasteiger partial charge in [0, 0.05) is 31.4 Å². The lowest BCUT2D eigenvalue weighted by molar-refractivity contribution is -0.126. The predicted molar refractivity (Wildman–Crippen MR) is 145 cm³/mol. The number of thiophene rings is 1. The van der Waals surface area contributed by atoms with Gasteiger partial charge in [0.2, 0.25) is 5.91 Å². The fourth-order valence-corrected chi connectivity index (χ4v) is 6.06. The van der Waals surface area contributed by atoms with E-state index < -0.39 is 11.9 Å². The Balaban J connectivity index is 1.32. The number of carbonyl (C=O) groups excluding carboxylic acids is 3. The molecule has 38 heavy (non-hydrogen) atoms. The molecular weight excluding hydrogens is 531 g/mol. The van der Waals surface area contributed by atoms with Crippen molar-refractivity contribution in [3.8, 4) is 0 Å². The van der Waals surface area contributed by atoms with Crippen molar-refractivity contribution in [3.63, 3.8) is 0 Å². The second-order valence-corrected chi connectivity index (χ2v) is 11.9. The van der Waals surface area contributed by atoms with Crippen LogP contribution in [-0.4, -0.2) is 67.6 Å². The first kappa shape index (κ1) is 27.1. The normalized spacial score (nSPS) is 19.1.